The first-order chi connectivity index (χ1) is 8.70. The number of aliphatic hydroxyl groups is 1. The van der Waals surface area contributed by atoms with E-state index < -0.39 is 18.5 Å². The highest BCUT2D eigenvalue weighted by molar-refractivity contribution is 5.85. The number of hydrogen-bond acceptors (Lipinski definition) is 6. The Hall–Kier alpha value is -1.51. The lowest BCUT2D eigenvalue weighted by Gasteiger charge is -2.15. The minimum absolute atomic E-state index is 0. The predicted molar refractivity (Wildman–Crippen MR) is 67.5 cm³/mol. The number of fused-ring (bicyclic) bond motifs is 1. The number of imidazole rings is 1. The summed E-state index contributed by atoms with van der Waals surface area (Å²) in [6.45, 7) is -0.208. The predicted octanol–water partition coefficient (Wildman–Crippen LogP) is 0.448. The van der Waals surface area contributed by atoms with Crippen LogP contribution in [0, 0.1) is 0 Å². The molecule has 9 heteroatoms. The minimum atomic E-state index is -1.21. The van der Waals surface area contributed by atoms with E-state index in [1.807, 2.05) is 0 Å². The minimum Gasteiger partial charge on any atom is -0.394 e. The molecule has 0 bridgehead atoms. The van der Waals surface area contributed by atoms with Crippen LogP contribution in [-0.2, 0) is 4.74 Å². The highest BCUT2D eigenvalue weighted by atomic mass is 35.5. The van der Waals surface area contributed by atoms with Crippen LogP contribution in [-0.4, -0.2) is 43.5 Å². The molecule has 1 saturated heterocycles. The number of aromatic nitrogens is 4. The SMILES string of the molecule is Cl.Nc1ncnc2c1ncn2C1OC(CO)CC1F. The van der Waals surface area contributed by atoms with Gasteiger partial charge in [0.25, 0.3) is 0 Å². The Morgan fingerprint density at radius 2 is 2.26 bits per heavy atom. The molecule has 3 heterocycles. The molecule has 0 saturated carbocycles. The number of aliphatic hydroxyl groups excluding tert-OH is 1. The van der Waals surface area contributed by atoms with Gasteiger partial charge in [-0.15, -0.1) is 12.4 Å². The van der Waals surface area contributed by atoms with Gasteiger partial charge in [0, 0.05) is 6.42 Å². The van der Waals surface area contributed by atoms with Crippen molar-refractivity contribution in [3.05, 3.63) is 12.7 Å². The highest BCUT2D eigenvalue weighted by Crippen LogP contribution is 2.33. The summed E-state index contributed by atoms with van der Waals surface area (Å²) in [5.74, 6) is 0.242. The van der Waals surface area contributed by atoms with Crippen molar-refractivity contribution in [2.24, 2.45) is 0 Å². The number of hydrogen-bond donors (Lipinski definition) is 2. The van der Waals surface area contributed by atoms with Crippen molar-refractivity contribution in [1.82, 2.24) is 19.5 Å². The van der Waals surface area contributed by atoms with Gasteiger partial charge < -0.3 is 15.6 Å². The van der Waals surface area contributed by atoms with Crippen LogP contribution in [0.3, 0.4) is 0 Å². The summed E-state index contributed by atoms with van der Waals surface area (Å²) in [4.78, 5) is 11.9. The number of ether oxygens (including phenoxy) is 1. The number of rotatable bonds is 2. The molecule has 2 aromatic heterocycles. The zero-order valence-corrected chi connectivity index (χ0v) is 10.6. The number of nitrogens with zero attached hydrogens (tertiary/aromatic N) is 4. The van der Waals surface area contributed by atoms with Crippen LogP contribution in [0.1, 0.15) is 12.6 Å². The third-order valence-corrected chi connectivity index (χ3v) is 2.99. The van der Waals surface area contributed by atoms with Crippen LogP contribution in [0.25, 0.3) is 11.2 Å². The maximum absolute atomic E-state index is 13.9. The van der Waals surface area contributed by atoms with E-state index in [1.165, 1.54) is 17.2 Å². The largest absolute Gasteiger partial charge is 0.394 e. The number of halogens is 2. The maximum Gasteiger partial charge on any atom is 0.168 e. The Balaban J connectivity index is 0.00000133. The first-order valence-corrected chi connectivity index (χ1v) is 5.54. The monoisotopic (exact) mass is 289 g/mol. The van der Waals surface area contributed by atoms with Crippen molar-refractivity contribution >= 4 is 29.4 Å². The molecule has 1 aliphatic heterocycles. The molecule has 1 fully saturated rings. The fourth-order valence-corrected chi connectivity index (χ4v) is 2.12. The molecule has 0 amide bonds. The highest BCUT2D eigenvalue weighted by Gasteiger charge is 2.37. The third kappa shape index (κ3) is 2.22. The summed E-state index contributed by atoms with van der Waals surface area (Å²) in [7, 11) is 0. The molecule has 2 aromatic rings. The van der Waals surface area contributed by atoms with Crippen molar-refractivity contribution in [3.8, 4) is 0 Å². The van der Waals surface area contributed by atoms with E-state index in [1.54, 1.807) is 0 Å². The van der Waals surface area contributed by atoms with Crippen molar-refractivity contribution in [1.29, 1.82) is 0 Å². The molecule has 3 N–H and O–H groups in total. The molecule has 7 nitrogen and oxygen atoms in total. The number of anilines is 1. The molecule has 0 radical (unpaired) electrons. The molecule has 104 valence electrons. The van der Waals surface area contributed by atoms with Gasteiger partial charge in [0.1, 0.15) is 18.0 Å². The Labute approximate surface area is 114 Å². The number of nitrogens with two attached hydrogens (primary N) is 1. The average Bonchev–Trinajstić information content (AvgIpc) is 2.93. The zero-order chi connectivity index (χ0) is 12.7. The molecule has 0 spiro atoms. The quantitative estimate of drug-likeness (QED) is 0.833. The van der Waals surface area contributed by atoms with E-state index in [-0.39, 0.29) is 31.3 Å². The van der Waals surface area contributed by atoms with Crippen molar-refractivity contribution in [2.45, 2.75) is 24.9 Å². The summed E-state index contributed by atoms with van der Waals surface area (Å²) in [6, 6.07) is 0. The Morgan fingerprint density at radius 3 is 2.95 bits per heavy atom. The van der Waals surface area contributed by atoms with Crippen LogP contribution in [0.2, 0.25) is 0 Å². The van der Waals surface area contributed by atoms with Crippen LogP contribution >= 0.6 is 12.4 Å². The first kappa shape index (κ1) is 13.9. The second-order valence-corrected chi connectivity index (χ2v) is 4.17. The van der Waals surface area contributed by atoms with E-state index in [2.05, 4.69) is 15.0 Å². The van der Waals surface area contributed by atoms with E-state index in [9.17, 15) is 4.39 Å². The van der Waals surface area contributed by atoms with E-state index in [4.69, 9.17) is 15.6 Å². The van der Waals surface area contributed by atoms with Crippen molar-refractivity contribution < 1.29 is 14.2 Å². The molecule has 0 aliphatic carbocycles. The van der Waals surface area contributed by atoms with Gasteiger partial charge in [-0.05, 0) is 0 Å². The second kappa shape index (κ2) is 5.24. The number of alkyl halides is 1. The fraction of sp³-hybridized carbons (Fsp3) is 0.500. The molecule has 3 rings (SSSR count). The molecule has 0 aromatic carbocycles. The van der Waals surface area contributed by atoms with Gasteiger partial charge in [0.2, 0.25) is 0 Å². The Kier molecular flexibility index (Phi) is 3.83. The van der Waals surface area contributed by atoms with Gasteiger partial charge in [-0.3, -0.25) is 4.57 Å². The van der Waals surface area contributed by atoms with Crippen molar-refractivity contribution in [3.63, 3.8) is 0 Å². The third-order valence-electron chi connectivity index (χ3n) is 2.99. The topological polar surface area (TPSA) is 99.1 Å². The van der Waals surface area contributed by atoms with Crippen LogP contribution in [0.4, 0.5) is 10.2 Å². The lowest BCUT2D eigenvalue weighted by Crippen LogP contribution is -2.16. The first-order valence-electron chi connectivity index (χ1n) is 5.54. The van der Waals surface area contributed by atoms with E-state index in [0.29, 0.717) is 11.2 Å². The van der Waals surface area contributed by atoms with Gasteiger partial charge in [0.15, 0.2) is 17.7 Å². The zero-order valence-electron chi connectivity index (χ0n) is 9.81. The maximum atomic E-state index is 13.9. The van der Waals surface area contributed by atoms with E-state index in [0.717, 1.165) is 0 Å². The van der Waals surface area contributed by atoms with Crippen LogP contribution < -0.4 is 5.73 Å². The Morgan fingerprint density at radius 1 is 1.47 bits per heavy atom. The fourth-order valence-electron chi connectivity index (χ4n) is 2.12. The normalized spacial score (nSPS) is 26.5. The Bertz CT molecular complexity index is 580. The number of nitrogen functional groups attached to an aromatic ring is 1. The van der Waals surface area contributed by atoms with Gasteiger partial charge in [-0.25, -0.2) is 19.3 Å². The second-order valence-electron chi connectivity index (χ2n) is 4.17. The smallest absolute Gasteiger partial charge is 0.168 e. The molecule has 1 aliphatic rings. The summed E-state index contributed by atoms with van der Waals surface area (Å²) >= 11 is 0. The lowest BCUT2D eigenvalue weighted by atomic mass is 10.2. The summed E-state index contributed by atoms with van der Waals surface area (Å²) in [6.07, 6.45) is 0.328. The van der Waals surface area contributed by atoms with Gasteiger partial charge in [-0.1, -0.05) is 0 Å². The molecular weight excluding hydrogens is 277 g/mol. The summed E-state index contributed by atoms with van der Waals surface area (Å²) in [5, 5.41) is 8.99. The van der Waals surface area contributed by atoms with Gasteiger partial charge in [-0.2, -0.15) is 0 Å². The molecule has 3 unspecified atom stereocenters. The van der Waals surface area contributed by atoms with E-state index >= 15 is 0 Å². The standard InChI is InChI=1S/C10H12FN5O2.ClH/c11-6-1-5(2-17)18-10(6)16-4-15-7-8(12)13-3-14-9(7)16;/h3-6,10,17H,1-2H2,(H2,12,13,14);1H. The van der Waals surface area contributed by atoms with Gasteiger partial charge >= 0.3 is 0 Å². The molecule has 19 heavy (non-hydrogen) atoms. The van der Waals surface area contributed by atoms with Crippen LogP contribution in [0.15, 0.2) is 12.7 Å². The van der Waals surface area contributed by atoms with Crippen molar-refractivity contribution in [2.75, 3.05) is 12.3 Å². The summed E-state index contributed by atoms with van der Waals surface area (Å²) < 4.78 is 20.7. The molecular formula is C10H13ClFN5O2. The lowest BCUT2D eigenvalue weighted by molar-refractivity contribution is -0.0351. The van der Waals surface area contributed by atoms with Gasteiger partial charge in [0.05, 0.1) is 19.0 Å². The average molecular weight is 290 g/mol. The summed E-state index contributed by atoms with van der Waals surface area (Å²) in [5.41, 5.74) is 6.50. The van der Waals surface area contributed by atoms with Crippen LogP contribution in [0.5, 0.6) is 0 Å². The molecule has 3 atom stereocenters.